The quantitative estimate of drug-likeness (QED) is 0.0206. The van der Waals surface area contributed by atoms with Gasteiger partial charge in [-0.1, -0.05) is 48.0 Å². The van der Waals surface area contributed by atoms with E-state index in [4.69, 9.17) is 26.4 Å². The fourth-order valence-electron chi connectivity index (χ4n) is 5.86. The molecule has 0 bridgehead atoms. The normalized spacial score (nSPS) is 15.9. The van der Waals surface area contributed by atoms with Gasteiger partial charge in [0, 0.05) is 6.54 Å². The van der Waals surface area contributed by atoms with E-state index in [1.165, 1.54) is 13.8 Å². The van der Waals surface area contributed by atoms with Crippen LogP contribution in [0.2, 0.25) is 0 Å². The van der Waals surface area contributed by atoms with E-state index in [0.717, 1.165) is 0 Å². The first-order chi connectivity index (χ1) is 30.4. The maximum Gasteiger partial charge on any atom is 0.408 e. The van der Waals surface area contributed by atoms with E-state index >= 15 is 0 Å². The number of hydrogen-bond donors (Lipinski definition) is 14. The van der Waals surface area contributed by atoms with Crippen molar-refractivity contribution in [1.29, 1.82) is 0 Å². The van der Waals surface area contributed by atoms with Gasteiger partial charge in [-0.05, 0) is 71.6 Å². The number of aliphatic hydroxyl groups excluding tert-OH is 3. The van der Waals surface area contributed by atoms with Gasteiger partial charge >= 0.3 is 12.1 Å². The summed E-state index contributed by atoms with van der Waals surface area (Å²) >= 11 is 0. The summed E-state index contributed by atoms with van der Waals surface area (Å²) in [5, 5.41) is 58.7. The third-order valence-corrected chi connectivity index (χ3v) is 9.74. The Kier molecular flexibility index (Phi) is 26.4. The predicted octanol–water partition coefficient (Wildman–Crippen LogP) is -3.46. The molecule has 0 heterocycles. The number of nitrogens with zero attached hydrogens (tertiary/aromatic N) is 1. The van der Waals surface area contributed by atoms with Gasteiger partial charge in [-0.3, -0.25) is 38.6 Å². The molecule has 0 unspecified atom stereocenters. The standard InChI is InChI=1S/C41H75N11O14/c1-12-21(6)28(36(61)51-29(23(8)54)35(60)45-17-27(55)46-22(7)32(57)49-26(18-53)38(63)64)50-33(58)24(14-13-15-44-39(42)43)47-34(59)25(16-19(2)3)48-37(62)30(31(56)20(4)5)52-40(65)66-41(9,10)11/h19-26,28-31,53-54,56H,12-18H2,1-11H3,(H,45,60)(H,46,55)(H,47,59)(H,48,62)(H,49,57)(H,50,58)(H,51,61)(H,52,65)(H,63,64)(H4,42,43,44)/t21-,22-,23-,24+,25-,26-,28-,29-,30-,31+/m0/s1. The number of hydrogen-bond acceptors (Lipinski definition) is 14. The number of carboxylic acid groups (broad SMARTS) is 1. The van der Waals surface area contributed by atoms with Crippen molar-refractivity contribution in [3.8, 4) is 0 Å². The summed E-state index contributed by atoms with van der Waals surface area (Å²) in [6, 6.07) is -10.2. The van der Waals surface area contributed by atoms with Gasteiger partial charge < -0.3 is 79.2 Å². The average Bonchev–Trinajstić information content (AvgIpc) is 3.20. The van der Waals surface area contributed by atoms with Crippen molar-refractivity contribution >= 4 is 59.4 Å². The molecule has 0 rings (SSSR count). The Morgan fingerprint density at radius 3 is 1.68 bits per heavy atom. The molecule has 0 fully saturated rings. The van der Waals surface area contributed by atoms with E-state index in [9.17, 15) is 53.4 Å². The van der Waals surface area contributed by atoms with Crippen LogP contribution in [0.4, 0.5) is 4.79 Å². The summed E-state index contributed by atoms with van der Waals surface area (Å²) in [6.45, 7) is 15.8. The lowest BCUT2D eigenvalue weighted by Gasteiger charge is -2.31. The monoisotopic (exact) mass is 946 g/mol. The predicted molar refractivity (Wildman–Crippen MR) is 239 cm³/mol. The second-order valence-corrected chi connectivity index (χ2v) is 17.7. The number of carbonyl (C=O) groups excluding carboxylic acids is 8. The molecule has 16 N–H and O–H groups in total. The van der Waals surface area contributed by atoms with E-state index in [-0.39, 0.29) is 37.7 Å². The number of aliphatic hydroxyl groups is 3. The van der Waals surface area contributed by atoms with Crippen LogP contribution in [0.3, 0.4) is 0 Å². The maximum absolute atomic E-state index is 14.1. The van der Waals surface area contributed by atoms with Crippen LogP contribution in [-0.4, -0.2) is 160 Å². The van der Waals surface area contributed by atoms with Crippen LogP contribution < -0.4 is 54.0 Å². The first-order valence-corrected chi connectivity index (χ1v) is 21.8. The molecule has 0 aromatic carbocycles. The molecule has 0 aliphatic carbocycles. The lowest BCUT2D eigenvalue weighted by molar-refractivity contribution is -0.143. The molecule has 0 aliphatic heterocycles. The van der Waals surface area contributed by atoms with Crippen molar-refractivity contribution in [2.75, 3.05) is 19.7 Å². The minimum atomic E-state index is -1.67. The zero-order valence-corrected chi connectivity index (χ0v) is 39.9. The molecule has 0 saturated heterocycles. The highest BCUT2D eigenvalue weighted by Crippen LogP contribution is 2.14. The van der Waals surface area contributed by atoms with Crippen LogP contribution in [0.25, 0.3) is 0 Å². The second-order valence-electron chi connectivity index (χ2n) is 17.7. The van der Waals surface area contributed by atoms with E-state index in [0.29, 0.717) is 6.42 Å². The molecule has 0 spiro atoms. The van der Waals surface area contributed by atoms with E-state index in [2.05, 4.69) is 42.2 Å². The Hall–Kier alpha value is -5.82. The van der Waals surface area contributed by atoms with Crippen molar-refractivity contribution < 1.29 is 68.3 Å². The number of nitrogens with two attached hydrogens (primary N) is 2. The van der Waals surface area contributed by atoms with Gasteiger partial charge in [-0.25, -0.2) is 9.59 Å². The summed E-state index contributed by atoms with van der Waals surface area (Å²) in [4.78, 5) is 121. The third-order valence-electron chi connectivity index (χ3n) is 9.74. The summed E-state index contributed by atoms with van der Waals surface area (Å²) in [6.07, 6.45) is -3.51. The van der Waals surface area contributed by atoms with Crippen molar-refractivity contribution in [1.82, 2.24) is 42.5 Å². The number of carboxylic acids is 1. The number of aliphatic carboxylic acids is 1. The van der Waals surface area contributed by atoms with Crippen LogP contribution in [-0.2, 0) is 43.1 Å². The van der Waals surface area contributed by atoms with Gasteiger partial charge in [0.2, 0.25) is 41.4 Å². The molecule has 0 aromatic heterocycles. The first-order valence-electron chi connectivity index (χ1n) is 21.8. The van der Waals surface area contributed by atoms with Crippen LogP contribution >= 0.6 is 0 Å². The Labute approximate surface area is 385 Å². The number of guanidine groups is 1. The number of amides is 8. The van der Waals surface area contributed by atoms with E-state index in [1.807, 2.05) is 5.32 Å². The molecule has 25 heteroatoms. The maximum atomic E-state index is 14.1. The summed E-state index contributed by atoms with van der Waals surface area (Å²) in [7, 11) is 0. The Bertz CT molecular complexity index is 1680. The van der Waals surface area contributed by atoms with E-state index in [1.54, 1.807) is 62.3 Å². The van der Waals surface area contributed by atoms with Gasteiger partial charge in [0.25, 0.3) is 0 Å². The number of carbonyl (C=O) groups is 9. The molecular formula is C41H75N11O14. The fraction of sp³-hybridized carbons (Fsp3) is 0.756. The van der Waals surface area contributed by atoms with Gasteiger partial charge in [-0.2, -0.15) is 0 Å². The van der Waals surface area contributed by atoms with E-state index < -0.39 is 139 Å². The van der Waals surface area contributed by atoms with Crippen LogP contribution in [0, 0.1) is 17.8 Å². The van der Waals surface area contributed by atoms with Crippen molar-refractivity contribution in [2.45, 2.75) is 162 Å². The number of alkyl carbamates (subject to hydrolysis) is 1. The Morgan fingerprint density at radius 2 is 1.20 bits per heavy atom. The molecule has 0 saturated carbocycles. The topological polar surface area (TPSA) is 404 Å². The Balaban J connectivity index is 6.41. The summed E-state index contributed by atoms with van der Waals surface area (Å²) < 4.78 is 5.28. The van der Waals surface area contributed by atoms with Crippen molar-refractivity contribution in [2.24, 2.45) is 34.2 Å². The zero-order valence-electron chi connectivity index (χ0n) is 39.9. The highest BCUT2D eigenvalue weighted by atomic mass is 16.6. The third kappa shape index (κ3) is 22.9. The largest absolute Gasteiger partial charge is 0.480 e. The van der Waals surface area contributed by atoms with Crippen LogP contribution in [0.5, 0.6) is 0 Å². The smallest absolute Gasteiger partial charge is 0.408 e. The lowest BCUT2D eigenvalue weighted by atomic mass is 9.96. The van der Waals surface area contributed by atoms with Gasteiger partial charge in [0.05, 0.1) is 25.4 Å². The molecule has 378 valence electrons. The number of nitrogens with one attached hydrogen (secondary N) is 8. The Morgan fingerprint density at radius 1 is 0.667 bits per heavy atom. The molecule has 0 aliphatic rings. The number of aliphatic imine (C=N–C) groups is 1. The second kappa shape index (κ2) is 29.0. The van der Waals surface area contributed by atoms with Crippen LogP contribution in [0.15, 0.2) is 4.99 Å². The summed E-state index contributed by atoms with van der Waals surface area (Å²) in [5.41, 5.74) is 10.00. The fourth-order valence-corrected chi connectivity index (χ4v) is 5.86. The highest BCUT2D eigenvalue weighted by Gasteiger charge is 2.37. The molecule has 66 heavy (non-hydrogen) atoms. The first kappa shape index (κ1) is 60.2. The number of rotatable bonds is 28. The van der Waals surface area contributed by atoms with Crippen molar-refractivity contribution in [3.05, 3.63) is 0 Å². The summed E-state index contributed by atoms with van der Waals surface area (Å²) in [5.74, 6) is -9.45. The van der Waals surface area contributed by atoms with Crippen molar-refractivity contribution in [3.63, 3.8) is 0 Å². The molecule has 10 atom stereocenters. The van der Waals surface area contributed by atoms with Gasteiger partial charge in [0.1, 0.15) is 47.9 Å². The molecular weight excluding hydrogens is 871 g/mol. The zero-order chi connectivity index (χ0) is 51.2. The minimum Gasteiger partial charge on any atom is -0.480 e. The van der Waals surface area contributed by atoms with Gasteiger partial charge in [0.15, 0.2) is 5.96 Å². The number of ether oxygens (including phenoxy) is 1. The molecule has 25 nitrogen and oxygen atoms in total. The van der Waals surface area contributed by atoms with Crippen LogP contribution in [0.1, 0.15) is 102 Å². The molecule has 0 aromatic rings. The average molecular weight is 946 g/mol. The lowest BCUT2D eigenvalue weighted by Crippen LogP contribution is -2.62. The molecule has 8 amide bonds. The molecule has 0 radical (unpaired) electrons. The SMILES string of the molecule is CC[C@H](C)[C@H](NC(=O)[C@@H](CCCN=C(N)N)NC(=O)[C@H](CC(C)C)NC(=O)[C@@H](NC(=O)OC(C)(C)C)[C@H](O)C(C)C)C(=O)N[C@H](C(=O)NCC(=O)N[C@@H](C)C(=O)N[C@@H](CO)C(=O)O)[C@H](C)O. The highest BCUT2D eigenvalue weighted by molar-refractivity contribution is 5.97. The van der Waals surface area contributed by atoms with Gasteiger partial charge in [-0.15, -0.1) is 0 Å². The minimum absolute atomic E-state index is 0.0404.